The summed E-state index contributed by atoms with van der Waals surface area (Å²) in [6.45, 7) is 3.82. The van der Waals surface area contributed by atoms with Crippen molar-refractivity contribution in [3.8, 4) is 0 Å². The van der Waals surface area contributed by atoms with E-state index in [0.29, 0.717) is 17.7 Å². The van der Waals surface area contributed by atoms with Gasteiger partial charge in [0, 0.05) is 29.9 Å². The smallest absolute Gasteiger partial charge is 0.269 e. The average molecular weight is 293 g/mol. The Hall–Kier alpha value is -1.69. The summed E-state index contributed by atoms with van der Waals surface area (Å²) in [5.41, 5.74) is -0.266. The van der Waals surface area contributed by atoms with Crippen molar-refractivity contribution >= 4 is 29.0 Å². The highest BCUT2D eigenvalue weighted by Gasteiger charge is 2.40. The molecular weight excluding hydrogens is 278 g/mol. The van der Waals surface area contributed by atoms with Gasteiger partial charge < -0.3 is 0 Å². The summed E-state index contributed by atoms with van der Waals surface area (Å²) in [4.78, 5) is 34.9. The zero-order chi connectivity index (χ0) is 14.9. The number of nitro groups is 1. The fourth-order valence-electron chi connectivity index (χ4n) is 2.28. The minimum absolute atomic E-state index is 0.00298. The fourth-order valence-corrected chi connectivity index (χ4v) is 3.28. The van der Waals surface area contributed by atoms with Crippen LogP contribution >= 0.6 is 11.8 Å². The van der Waals surface area contributed by atoms with Crippen molar-refractivity contribution in [3.63, 3.8) is 0 Å². The predicted octanol–water partition coefficient (Wildman–Crippen LogP) is 3.01. The quantitative estimate of drug-likeness (QED) is 0.486. The Morgan fingerprint density at radius 1 is 1.15 bits per heavy atom. The minimum Gasteiger partial charge on any atom is -0.298 e. The maximum Gasteiger partial charge on any atom is 0.269 e. The number of non-ortho nitro benzene ring substituents is 1. The lowest BCUT2D eigenvalue weighted by molar-refractivity contribution is -0.384. The molecule has 2 rings (SSSR count). The summed E-state index contributed by atoms with van der Waals surface area (Å²) in [6.07, 6.45) is 0.785. The third-order valence-electron chi connectivity index (χ3n) is 3.19. The van der Waals surface area contributed by atoms with Crippen molar-refractivity contribution < 1.29 is 14.5 Å². The SMILES string of the molecule is CC1(C)CC(=O)C(Sc2ccc([N+](=O)[O-])cc2)C(=O)C1. The van der Waals surface area contributed by atoms with E-state index in [9.17, 15) is 19.7 Å². The molecule has 1 aliphatic carbocycles. The largest absolute Gasteiger partial charge is 0.298 e. The number of thioether (sulfide) groups is 1. The molecule has 0 unspecified atom stereocenters. The van der Waals surface area contributed by atoms with Gasteiger partial charge in [-0.2, -0.15) is 0 Å². The van der Waals surface area contributed by atoms with E-state index in [1.54, 1.807) is 12.1 Å². The number of ketones is 2. The molecular formula is C14H15NO4S. The summed E-state index contributed by atoms with van der Waals surface area (Å²) in [5.74, 6) is -0.121. The molecule has 1 aromatic carbocycles. The first-order chi connectivity index (χ1) is 9.28. The van der Waals surface area contributed by atoms with Gasteiger partial charge in [-0.15, -0.1) is 11.8 Å². The van der Waals surface area contributed by atoms with Crippen molar-refractivity contribution in [1.29, 1.82) is 0 Å². The minimum atomic E-state index is -0.676. The number of hydrogen-bond acceptors (Lipinski definition) is 5. The van der Waals surface area contributed by atoms with Crippen LogP contribution in [0.15, 0.2) is 29.2 Å². The van der Waals surface area contributed by atoms with Crippen LogP contribution in [0.4, 0.5) is 5.69 Å². The van der Waals surface area contributed by atoms with Gasteiger partial charge in [0.05, 0.1) is 4.92 Å². The Bertz CT molecular complexity index is 545. The molecule has 1 saturated carbocycles. The molecule has 20 heavy (non-hydrogen) atoms. The lowest BCUT2D eigenvalue weighted by atomic mass is 9.76. The summed E-state index contributed by atoms with van der Waals surface area (Å²) in [5, 5.41) is 9.89. The highest BCUT2D eigenvalue weighted by molar-refractivity contribution is 8.01. The van der Waals surface area contributed by atoms with Crippen LogP contribution in [0.3, 0.4) is 0 Å². The van der Waals surface area contributed by atoms with E-state index in [2.05, 4.69) is 0 Å². The molecule has 1 aliphatic rings. The first kappa shape index (κ1) is 14.7. The number of nitro benzene ring substituents is 1. The molecule has 106 valence electrons. The Balaban J connectivity index is 2.11. The topological polar surface area (TPSA) is 77.3 Å². The maximum atomic E-state index is 12.0. The number of hydrogen-bond donors (Lipinski definition) is 0. The van der Waals surface area contributed by atoms with E-state index in [1.807, 2.05) is 13.8 Å². The monoisotopic (exact) mass is 293 g/mol. The van der Waals surface area contributed by atoms with Gasteiger partial charge in [0.25, 0.3) is 5.69 Å². The van der Waals surface area contributed by atoms with Crippen LogP contribution in [0.2, 0.25) is 0 Å². The van der Waals surface area contributed by atoms with E-state index in [-0.39, 0.29) is 22.7 Å². The number of nitrogens with zero attached hydrogens (tertiary/aromatic N) is 1. The molecule has 0 amide bonds. The van der Waals surface area contributed by atoms with Gasteiger partial charge in [0.15, 0.2) is 11.6 Å². The highest BCUT2D eigenvalue weighted by Crippen LogP contribution is 2.38. The van der Waals surface area contributed by atoms with Crippen LogP contribution < -0.4 is 0 Å². The van der Waals surface area contributed by atoms with Crippen LogP contribution in [0, 0.1) is 15.5 Å². The van der Waals surface area contributed by atoms with Crippen LogP contribution in [0.1, 0.15) is 26.7 Å². The fraction of sp³-hybridized carbons (Fsp3) is 0.429. The van der Waals surface area contributed by atoms with Gasteiger partial charge in [-0.3, -0.25) is 19.7 Å². The van der Waals surface area contributed by atoms with Gasteiger partial charge in [-0.05, 0) is 17.5 Å². The Morgan fingerprint density at radius 2 is 1.65 bits per heavy atom. The average Bonchev–Trinajstić information content (AvgIpc) is 2.33. The van der Waals surface area contributed by atoms with Crippen molar-refractivity contribution in [2.45, 2.75) is 36.8 Å². The molecule has 0 N–H and O–H groups in total. The lowest BCUT2D eigenvalue weighted by Gasteiger charge is -2.31. The third-order valence-corrected chi connectivity index (χ3v) is 4.50. The van der Waals surface area contributed by atoms with Crippen LogP contribution in [0.25, 0.3) is 0 Å². The first-order valence-corrected chi connectivity index (χ1v) is 7.13. The number of Topliss-reactive ketones (excluding diaryl/α,β-unsaturated/α-hetero) is 2. The maximum absolute atomic E-state index is 12.0. The first-order valence-electron chi connectivity index (χ1n) is 6.25. The van der Waals surface area contributed by atoms with Crippen LogP contribution in [-0.4, -0.2) is 21.7 Å². The Labute approximate surface area is 120 Å². The van der Waals surface area contributed by atoms with E-state index < -0.39 is 10.2 Å². The zero-order valence-electron chi connectivity index (χ0n) is 11.3. The summed E-state index contributed by atoms with van der Waals surface area (Å²) in [6, 6.07) is 5.90. The molecule has 0 aromatic heterocycles. The molecule has 0 aliphatic heterocycles. The van der Waals surface area contributed by atoms with Gasteiger partial charge in [-0.1, -0.05) is 13.8 Å². The van der Waals surface area contributed by atoms with Crippen molar-refractivity contribution in [1.82, 2.24) is 0 Å². The number of rotatable bonds is 3. The summed E-state index contributed by atoms with van der Waals surface area (Å²) in [7, 11) is 0. The van der Waals surface area contributed by atoms with E-state index in [0.717, 1.165) is 0 Å². The number of benzene rings is 1. The number of carbonyl (C=O) groups excluding carboxylic acids is 2. The lowest BCUT2D eigenvalue weighted by Crippen LogP contribution is -2.39. The van der Waals surface area contributed by atoms with Gasteiger partial charge in [0.2, 0.25) is 0 Å². The molecule has 0 saturated heterocycles. The molecule has 1 aromatic rings. The predicted molar refractivity (Wildman–Crippen MR) is 75.8 cm³/mol. The third kappa shape index (κ3) is 3.25. The Morgan fingerprint density at radius 3 is 2.10 bits per heavy atom. The molecule has 1 fully saturated rings. The Kier molecular flexibility index (Phi) is 3.94. The van der Waals surface area contributed by atoms with E-state index >= 15 is 0 Å². The van der Waals surface area contributed by atoms with Crippen LogP contribution in [-0.2, 0) is 9.59 Å². The molecule has 0 heterocycles. The van der Waals surface area contributed by atoms with E-state index in [1.165, 1.54) is 23.9 Å². The highest BCUT2D eigenvalue weighted by atomic mass is 32.2. The second kappa shape index (κ2) is 5.36. The van der Waals surface area contributed by atoms with Gasteiger partial charge in [0.1, 0.15) is 5.25 Å². The normalized spacial score (nSPS) is 19.1. The van der Waals surface area contributed by atoms with Crippen molar-refractivity contribution in [2.75, 3.05) is 0 Å². The molecule has 5 nitrogen and oxygen atoms in total. The van der Waals surface area contributed by atoms with Crippen molar-refractivity contribution in [3.05, 3.63) is 34.4 Å². The zero-order valence-corrected chi connectivity index (χ0v) is 12.1. The molecule has 0 radical (unpaired) electrons. The second-order valence-corrected chi connectivity index (χ2v) is 6.88. The van der Waals surface area contributed by atoms with Gasteiger partial charge >= 0.3 is 0 Å². The molecule has 0 spiro atoms. The summed E-state index contributed by atoms with van der Waals surface area (Å²) < 4.78 is 0. The number of carbonyl (C=O) groups is 2. The molecule has 6 heteroatoms. The van der Waals surface area contributed by atoms with Crippen LogP contribution in [0.5, 0.6) is 0 Å². The second-order valence-electron chi connectivity index (χ2n) is 5.70. The molecule has 0 bridgehead atoms. The molecule has 0 atom stereocenters. The standard InChI is InChI=1S/C14H15NO4S/c1-14(2)7-11(16)13(12(17)8-14)20-10-5-3-9(4-6-10)15(18)19/h3-6,13H,7-8H2,1-2H3. The van der Waals surface area contributed by atoms with Gasteiger partial charge in [-0.25, -0.2) is 0 Å². The van der Waals surface area contributed by atoms with Crippen molar-refractivity contribution in [2.24, 2.45) is 5.41 Å². The summed E-state index contributed by atoms with van der Waals surface area (Å²) >= 11 is 1.18. The van der Waals surface area contributed by atoms with E-state index in [4.69, 9.17) is 0 Å².